The van der Waals surface area contributed by atoms with Crippen LogP contribution in [0.25, 0.3) is 0 Å². The first-order valence-electron chi connectivity index (χ1n) is 6.61. The smallest absolute Gasteiger partial charge is 0.265 e. The first-order chi connectivity index (χ1) is 9.72. The van der Waals surface area contributed by atoms with E-state index in [1.807, 2.05) is 13.0 Å². The third kappa shape index (κ3) is 3.08. The first-order valence-corrected chi connectivity index (χ1v) is 8.09. The third-order valence-electron chi connectivity index (χ3n) is 3.38. The number of aromatic nitrogens is 2. The van der Waals surface area contributed by atoms with Crippen molar-refractivity contribution in [2.24, 2.45) is 12.8 Å². The Balaban J connectivity index is 2.40. The lowest BCUT2D eigenvalue weighted by Gasteiger charge is -2.11. The zero-order chi connectivity index (χ0) is 15.8. The summed E-state index contributed by atoms with van der Waals surface area (Å²) in [4.78, 5) is 0.219. The number of benzene rings is 1. The van der Waals surface area contributed by atoms with Crippen molar-refractivity contribution in [1.29, 1.82) is 0 Å². The van der Waals surface area contributed by atoms with Gasteiger partial charge in [0.2, 0.25) is 0 Å². The summed E-state index contributed by atoms with van der Waals surface area (Å²) in [7, 11) is -1.95. The van der Waals surface area contributed by atoms with Gasteiger partial charge in [-0.05, 0) is 38.5 Å². The minimum absolute atomic E-state index is 0.156. The molecule has 6 nitrogen and oxygen atoms in total. The molecule has 2 aromatic rings. The molecule has 114 valence electrons. The second kappa shape index (κ2) is 5.50. The monoisotopic (exact) mass is 308 g/mol. The molecule has 0 amide bonds. The molecule has 0 bridgehead atoms. The summed E-state index contributed by atoms with van der Waals surface area (Å²) in [5, 5.41) is 4.14. The fourth-order valence-corrected chi connectivity index (χ4v) is 3.72. The number of hydrogen-bond donors (Lipinski definition) is 2. The van der Waals surface area contributed by atoms with Gasteiger partial charge in [-0.25, -0.2) is 8.42 Å². The summed E-state index contributed by atoms with van der Waals surface area (Å²) >= 11 is 0. The van der Waals surface area contributed by atoms with Crippen LogP contribution in [0.15, 0.2) is 29.2 Å². The van der Waals surface area contributed by atoms with Crippen LogP contribution in [0.5, 0.6) is 0 Å². The molecule has 7 heteroatoms. The molecule has 0 aliphatic carbocycles. The normalized spacial score (nSPS) is 13.2. The summed E-state index contributed by atoms with van der Waals surface area (Å²) in [6.07, 6.45) is 0. The van der Waals surface area contributed by atoms with Gasteiger partial charge in [0, 0.05) is 18.8 Å². The summed E-state index contributed by atoms with van der Waals surface area (Å²) in [5.74, 6) is 0. The summed E-state index contributed by atoms with van der Waals surface area (Å²) in [6, 6.07) is 6.92. The Hall–Kier alpha value is -1.86. The Bertz CT molecular complexity index is 763. The van der Waals surface area contributed by atoms with Crippen LogP contribution in [0.4, 0.5) is 5.69 Å². The van der Waals surface area contributed by atoms with Crippen molar-refractivity contribution in [3.05, 3.63) is 41.2 Å². The van der Waals surface area contributed by atoms with E-state index in [1.165, 1.54) is 0 Å². The van der Waals surface area contributed by atoms with Gasteiger partial charge < -0.3 is 5.73 Å². The summed E-state index contributed by atoms with van der Waals surface area (Å²) < 4.78 is 29.2. The maximum Gasteiger partial charge on any atom is 0.265 e. The third-order valence-corrected chi connectivity index (χ3v) is 5.01. The topological polar surface area (TPSA) is 90.0 Å². The molecular formula is C14H20N4O2S. The van der Waals surface area contributed by atoms with Crippen LogP contribution in [0.1, 0.15) is 29.9 Å². The molecule has 1 heterocycles. The van der Waals surface area contributed by atoms with Crippen molar-refractivity contribution in [1.82, 2.24) is 9.78 Å². The van der Waals surface area contributed by atoms with Gasteiger partial charge in [0.05, 0.1) is 11.4 Å². The minimum atomic E-state index is -3.67. The van der Waals surface area contributed by atoms with E-state index >= 15 is 0 Å². The van der Waals surface area contributed by atoms with Crippen molar-refractivity contribution in [2.75, 3.05) is 4.72 Å². The highest BCUT2D eigenvalue weighted by molar-refractivity contribution is 7.92. The van der Waals surface area contributed by atoms with Crippen molar-refractivity contribution in [3.8, 4) is 0 Å². The van der Waals surface area contributed by atoms with Crippen molar-refractivity contribution >= 4 is 15.7 Å². The highest BCUT2D eigenvalue weighted by atomic mass is 32.2. The van der Waals surface area contributed by atoms with Gasteiger partial charge >= 0.3 is 0 Å². The fourth-order valence-electron chi connectivity index (χ4n) is 2.23. The molecule has 1 aromatic carbocycles. The van der Waals surface area contributed by atoms with E-state index in [-0.39, 0.29) is 10.9 Å². The SMILES string of the molecule is Cc1nn(C)c(C)c1S(=O)(=O)Nc1cccc(C(C)N)c1. The Morgan fingerprint density at radius 3 is 2.52 bits per heavy atom. The van der Waals surface area contributed by atoms with E-state index in [4.69, 9.17) is 5.73 Å². The number of nitrogens with zero attached hydrogens (tertiary/aromatic N) is 2. The number of anilines is 1. The standard InChI is InChI=1S/C14H20N4O2S/c1-9(15)12-6-5-7-13(8-12)17-21(19,20)14-10(2)16-18(4)11(14)3/h5-9,17H,15H2,1-4H3. The number of aryl methyl sites for hydroxylation is 2. The van der Waals surface area contributed by atoms with Crippen LogP contribution in [0.2, 0.25) is 0 Å². The van der Waals surface area contributed by atoms with E-state index in [0.29, 0.717) is 17.1 Å². The molecule has 0 spiro atoms. The second-order valence-corrected chi connectivity index (χ2v) is 6.76. The quantitative estimate of drug-likeness (QED) is 0.902. The van der Waals surface area contributed by atoms with Gasteiger partial charge in [-0.15, -0.1) is 0 Å². The Morgan fingerprint density at radius 1 is 1.33 bits per heavy atom. The first kappa shape index (κ1) is 15.5. The molecule has 1 unspecified atom stereocenters. The molecule has 21 heavy (non-hydrogen) atoms. The molecule has 1 atom stereocenters. The van der Waals surface area contributed by atoms with Crippen LogP contribution in [0.3, 0.4) is 0 Å². The molecular weight excluding hydrogens is 288 g/mol. The van der Waals surface area contributed by atoms with Gasteiger partial charge in [0.25, 0.3) is 10.0 Å². The van der Waals surface area contributed by atoms with Crippen molar-refractivity contribution < 1.29 is 8.42 Å². The molecule has 2 rings (SSSR count). The van der Waals surface area contributed by atoms with Crippen molar-refractivity contribution in [2.45, 2.75) is 31.7 Å². The minimum Gasteiger partial charge on any atom is -0.324 e. The highest BCUT2D eigenvalue weighted by Gasteiger charge is 2.23. The lowest BCUT2D eigenvalue weighted by molar-refractivity contribution is 0.599. The maximum absolute atomic E-state index is 12.5. The Kier molecular flexibility index (Phi) is 4.06. The molecule has 0 radical (unpaired) electrons. The largest absolute Gasteiger partial charge is 0.324 e. The van der Waals surface area contributed by atoms with Crippen LogP contribution in [-0.4, -0.2) is 18.2 Å². The average molecular weight is 308 g/mol. The Morgan fingerprint density at radius 2 is 2.00 bits per heavy atom. The lowest BCUT2D eigenvalue weighted by Crippen LogP contribution is -2.15. The van der Waals surface area contributed by atoms with E-state index in [0.717, 1.165) is 5.56 Å². The Labute approximate surface area is 125 Å². The van der Waals surface area contributed by atoms with Gasteiger partial charge in [-0.3, -0.25) is 9.40 Å². The number of nitrogens with two attached hydrogens (primary N) is 1. The lowest BCUT2D eigenvalue weighted by atomic mass is 10.1. The predicted molar refractivity (Wildman–Crippen MR) is 82.5 cm³/mol. The van der Waals surface area contributed by atoms with E-state index in [9.17, 15) is 8.42 Å². The van der Waals surface area contributed by atoms with E-state index in [1.54, 1.807) is 43.8 Å². The van der Waals surface area contributed by atoms with E-state index in [2.05, 4.69) is 9.82 Å². The fraction of sp³-hybridized carbons (Fsp3) is 0.357. The van der Waals surface area contributed by atoms with Crippen LogP contribution >= 0.6 is 0 Å². The van der Waals surface area contributed by atoms with Crippen molar-refractivity contribution in [3.63, 3.8) is 0 Å². The molecule has 1 aromatic heterocycles. The summed E-state index contributed by atoms with van der Waals surface area (Å²) in [5.41, 5.74) is 8.26. The maximum atomic E-state index is 12.5. The molecule has 0 saturated heterocycles. The van der Waals surface area contributed by atoms with E-state index < -0.39 is 10.0 Å². The number of sulfonamides is 1. The summed E-state index contributed by atoms with van der Waals surface area (Å²) in [6.45, 7) is 5.26. The number of nitrogens with one attached hydrogen (secondary N) is 1. The zero-order valence-electron chi connectivity index (χ0n) is 12.6. The number of hydrogen-bond acceptors (Lipinski definition) is 4. The van der Waals surface area contributed by atoms with Gasteiger partial charge in [-0.1, -0.05) is 12.1 Å². The molecule has 0 aliphatic heterocycles. The van der Waals surface area contributed by atoms with Crippen LogP contribution in [0, 0.1) is 13.8 Å². The molecule has 3 N–H and O–H groups in total. The molecule has 0 fully saturated rings. The van der Waals surface area contributed by atoms with Gasteiger partial charge in [0.1, 0.15) is 4.90 Å². The highest BCUT2D eigenvalue weighted by Crippen LogP contribution is 2.23. The van der Waals surface area contributed by atoms with Gasteiger partial charge in [0.15, 0.2) is 0 Å². The van der Waals surface area contributed by atoms with Crippen LogP contribution < -0.4 is 10.5 Å². The predicted octanol–water partition coefficient (Wildman–Crippen LogP) is 1.86. The van der Waals surface area contributed by atoms with Crippen LogP contribution in [-0.2, 0) is 17.1 Å². The molecule has 0 aliphatic rings. The molecule has 0 saturated carbocycles. The van der Waals surface area contributed by atoms with Gasteiger partial charge in [-0.2, -0.15) is 5.10 Å². The second-order valence-electron chi connectivity index (χ2n) is 5.14. The number of rotatable bonds is 4. The zero-order valence-corrected chi connectivity index (χ0v) is 13.4. The average Bonchev–Trinajstić information content (AvgIpc) is 2.63.